The van der Waals surface area contributed by atoms with Crippen LogP contribution in [-0.2, 0) is 27.7 Å². The summed E-state index contributed by atoms with van der Waals surface area (Å²) >= 11 is 0. The Balaban J connectivity index is 0.000000339. The number of fused-ring (bicyclic) bond motifs is 1. The highest BCUT2D eigenvalue weighted by Gasteiger charge is 2.41. The highest BCUT2D eigenvalue weighted by atomic mass is 32.2. The van der Waals surface area contributed by atoms with Gasteiger partial charge in [-0.15, -0.1) is 0 Å². The molecule has 0 atom stereocenters. The third kappa shape index (κ3) is 5.83. The van der Waals surface area contributed by atoms with Crippen LogP contribution in [0, 0.1) is 0 Å². The summed E-state index contributed by atoms with van der Waals surface area (Å²) < 4.78 is 58.5. The Kier molecular flexibility index (Phi) is 7.06. The number of nitrogens with zero attached hydrogens (tertiary/aromatic N) is 5. The van der Waals surface area contributed by atoms with Gasteiger partial charge in [-0.25, -0.2) is 27.5 Å². The Labute approximate surface area is 178 Å². The van der Waals surface area contributed by atoms with E-state index in [1.54, 1.807) is 10.6 Å². The van der Waals surface area contributed by atoms with Gasteiger partial charge in [-0.1, -0.05) is 0 Å². The number of likely N-dealkylation sites (N-methyl/N-ethyl adjacent to an activating group) is 1. The summed E-state index contributed by atoms with van der Waals surface area (Å²) in [5, 5.41) is 6.99. The lowest BCUT2D eigenvalue weighted by molar-refractivity contribution is -0.192. The summed E-state index contributed by atoms with van der Waals surface area (Å²) in [5.41, 5.74) is 2.17. The Morgan fingerprint density at radius 3 is 2.19 bits per heavy atom. The van der Waals surface area contributed by atoms with Crippen molar-refractivity contribution in [1.29, 1.82) is 0 Å². The van der Waals surface area contributed by atoms with E-state index in [4.69, 9.17) is 9.90 Å². The van der Waals surface area contributed by atoms with Crippen LogP contribution in [0.2, 0.25) is 0 Å². The van der Waals surface area contributed by atoms with Gasteiger partial charge in [-0.2, -0.15) is 13.2 Å². The Hall–Kier alpha value is -1.99. The molecule has 3 heterocycles. The van der Waals surface area contributed by atoms with Crippen LogP contribution < -0.4 is 4.90 Å². The van der Waals surface area contributed by atoms with Crippen LogP contribution >= 0.6 is 0 Å². The first kappa shape index (κ1) is 23.7. The van der Waals surface area contributed by atoms with Crippen molar-refractivity contribution in [3.63, 3.8) is 0 Å². The molecule has 0 spiro atoms. The molecule has 13 heteroatoms. The van der Waals surface area contributed by atoms with Crippen LogP contribution in [-0.4, -0.2) is 96.4 Å². The van der Waals surface area contributed by atoms with Crippen LogP contribution in [0.5, 0.6) is 0 Å². The molecule has 1 aliphatic carbocycles. The zero-order valence-corrected chi connectivity index (χ0v) is 18.0. The topological polar surface area (TPSA) is 107 Å². The summed E-state index contributed by atoms with van der Waals surface area (Å²) in [7, 11) is -0.973. The van der Waals surface area contributed by atoms with E-state index in [2.05, 4.69) is 26.8 Å². The molecule has 1 N–H and O–H groups in total. The van der Waals surface area contributed by atoms with Crippen molar-refractivity contribution in [2.24, 2.45) is 0 Å². The molecule has 1 aromatic heterocycles. The Morgan fingerprint density at radius 1 is 1.06 bits per heavy atom. The number of carboxylic acid groups (broad SMARTS) is 1. The number of anilines is 1. The van der Waals surface area contributed by atoms with Gasteiger partial charge in [0.25, 0.3) is 0 Å². The van der Waals surface area contributed by atoms with Crippen LogP contribution in [0.1, 0.15) is 24.1 Å². The molecular weight excluding hydrogens is 439 g/mol. The number of carboxylic acids is 1. The maximum atomic E-state index is 12.5. The average Bonchev–Trinajstić information content (AvgIpc) is 3.55. The largest absolute Gasteiger partial charge is 0.490 e. The van der Waals surface area contributed by atoms with Crippen LogP contribution in [0.25, 0.3) is 0 Å². The first-order valence-corrected chi connectivity index (χ1v) is 11.6. The molecule has 1 saturated carbocycles. The fourth-order valence-corrected chi connectivity index (χ4v) is 5.46. The second-order valence-electron chi connectivity index (χ2n) is 7.86. The Morgan fingerprint density at radius 2 is 1.65 bits per heavy atom. The molecule has 174 valence electrons. The number of piperazine rings is 1. The third-order valence-corrected chi connectivity index (χ3v) is 7.97. The maximum Gasteiger partial charge on any atom is 0.490 e. The van der Waals surface area contributed by atoms with Crippen molar-refractivity contribution in [3.05, 3.63) is 17.6 Å². The smallest absolute Gasteiger partial charge is 0.475 e. The highest BCUT2D eigenvalue weighted by molar-refractivity contribution is 7.90. The number of carbonyl (C=O) groups is 1. The number of halogens is 3. The number of aromatic nitrogens is 2. The fraction of sp³-hybridized carbons (Fsp3) is 0.722. The maximum absolute atomic E-state index is 12.5. The third-order valence-electron chi connectivity index (χ3n) is 5.57. The molecule has 0 radical (unpaired) electrons. The minimum absolute atomic E-state index is 0.137. The zero-order valence-electron chi connectivity index (χ0n) is 17.2. The van der Waals surface area contributed by atoms with E-state index < -0.39 is 22.2 Å². The number of hydrogen-bond acceptors (Lipinski definition) is 7. The van der Waals surface area contributed by atoms with Gasteiger partial charge in [0.2, 0.25) is 10.0 Å². The van der Waals surface area contributed by atoms with E-state index in [1.807, 2.05) is 0 Å². The molecule has 1 aromatic rings. The van der Waals surface area contributed by atoms with Gasteiger partial charge < -0.3 is 14.9 Å². The fourth-order valence-electron chi connectivity index (χ4n) is 3.61. The second-order valence-corrected chi connectivity index (χ2v) is 10.1. The number of rotatable bonds is 3. The van der Waals surface area contributed by atoms with Crippen molar-refractivity contribution in [3.8, 4) is 0 Å². The first-order chi connectivity index (χ1) is 14.5. The molecule has 9 nitrogen and oxygen atoms in total. The molecule has 31 heavy (non-hydrogen) atoms. The molecule has 1 saturated heterocycles. The monoisotopic (exact) mass is 465 g/mol. The molecule has 2 aliphatic heterocycles. The lowest BCUT2D eigenvalue weighted by Gasteiger charge is -2.34. The average molecular weight is 465 g/mol. The van der Waals surface area contributed by atoms with Gasteiger partial charge in [0.1, 0.15) is 12.1 Å². The summed E-state index contributed by atoms with van der Waals surface area (Å²) in [6.07, 6.45) is -0.415. The van der Waals surface area contributed by atoms with Crippen molar-refractivity contribution < 1.29 is 31.5 Å². The molecule has 3 aliphatic rings. The Bertz CT molecular complexity index is 900. The zero-order chi connectivity index (χ0) is 22.8. The molecule has 2 fully saturated rings. The van der Waals surface area contributed by atoms with Crippen molar-refractivity contribution in [1.82, 2.24) is 19.2 Å². The number of sulfonamides is 1. The summed E-state index contributed by atoms with van der Waals surface area (Å²) in [6, 6.07) is 0. The highest BCUT2D eigenvalue weighted by Crippen LogP contribution is 2.33. The predicted octanol–water partition coefficient (Wildman–Crippen LogP) is 0.755. The summed E-state index contributed by atoms with van der Waals surface area (Å²) in [5.74, 6) is -1.74. The number of alkyl halides is 3. The minimum atomic E-state index is -5.08. The normalized spacial score (nSPS) is 21.0. The minimum Gasteiger partial charge on any atom is -0.475 e. The van der Waals surface area contributed by atoms with Crippen molar-refractivity contribution >= 4 is 21.8 Å². The van der Waals surface area contributed by atoms with Gasteiger partial charge in [-0.05, 0) is 26.3 Å². The van der Waals surface area contributed by atoms with E-state index in [0.717, 1.165) is 56.1 Å². The molecular formula is C18H26F3N5O4S. The van der Waals surface area contributed by atoms with Gasteiger partial charge in [0.05, 0.1) is 10.9 Å². The van der Waals surface area contributed by atoms with Crippen LogP contribution in [0.3, 0.4) is 0 Å². The first-order valence-electron chi connectivity index (χ1n) is 10.1. The van der Waals surface area contributed by atoms with E-state index in [0.29, 0.717) is 25.9 Å². The van der Waals surface area contributed by atoms with Crippen LogP contribution in [0.15, 0.2) is 6.33 Å². The number of aliphatic carboxylic acids is 1. The predicted molar refractivity (Wildman–Crippen MR) is 106 cm³/mol. The van der Waals surface area contributed by atoms with E-state index >= 15 is 0 Å². The van der Waals surface area contributed by atoms with Crippen molar-refractivity contribution in [2.75, 3.05) is 51.2 Å². The SMILES string of the molecule is CN1CCN(c2ncnc3c2CCN(S(=O)(=O)C2CC2)CC3)CC1.O=C(O)C(F)(F)F. The quantitative estimate of drug-likeness (QED) is 0.697. The molecule has 0 amide bonds. The van der Waals surface area contributed by atoms with Gasteiger partial charge in [-0.3, -0.25) is 0 Å². The lowest BCUT2D eigenvalue weighted by atomic mass is 10.1. The molecule has 0 unspecified atom stereocenters. The van der Waals surface area contributed by atoms with E-state index in [1.165, 1.54) is 0 Å². The second kappa shape index (κ2) is 9.25. The molecule has 0 bridgehead atoms. The van der Waals surface area contributed by atoms with Crippen molar-refractivity contribution in [2.45, 2.75) is 37.1 Å². The van der Waals surface area contributed by atoms with Crippen LogP contribution in [0.4, 0.5) is 19.0 Å². The standard InChI is InChI=1S/C16H25N5O2S.C2HF3O2/c1-19-8-10-20(11-9-19)16-14-4-6-21(24(22,23)13-2-3-13)7-5-15(14)17-12-18-16;3-2(4,5)1(6)7/h12-13H,2-11H2,1H3;(H,6,7). The summed E-state index contributed by atoms with van der Waals surface area (Å²) in [4.78, 5) is 22.5. The van der Waals surface area contributed by atoms with E-state index in [-0.39, 0.29) is 5.25 Å². The molecule has 0 aromatic carbocycles. The van der Waals surface area contributed by atoms with E-state index in [9.17, 15) is 21.6 Å². The lowest BCUT2D eigenvalue weighted by Crippen LogP contribution is -2.45. The molecule has 4 rings (SSSR count). The van der Waals surface area contributed by atoms with Gasteiger partial charge in [0, 0.05) is 51.3 Å². The summed E-state index contributed by atoms with van der Waals surface area (Å²) in [6.45, 7) is 5.08. The van der Waals surface area contributed by atoms with Gasteiger partial charge in [0.15, 0.2) is 0 Å². The van der Waals surface area contributed by atoms with Gasteiger partial charge >= 0.3 is 12.1 Å². The number of hydrogen-bond donors (Lipinski definition) is 1.